The van der Waals surface area contributed by atoms with Gasteiger partial charge >= 0.3 is 0 Å². The molecule has 1 saturated carbocycles. The van der Waals surface area contributed by atoms with Gasteiger partial charge in [-0.2, -0.15) is 5.10 Å². The maximum absolute atomic E-state index is 12.7. The Morgan fingerprint density at radius 3 is 2.64 bits per heavy atom. The van der Waals surface area contributed by atoms with Crippen LogP contribution in [0.3, 0.4) is 0 Å². The Labute approximate surface area is 145 Å². The van der Waals surface area contributed by atoms with Crippen LogP contribution < -0.4 is 5.32 Å². The monoisotopic (exact) mass is 336 g/mol. The molecule has 0 radical (unpaired) electrons. The Kier molecular flexibility index (Phi) is 3.67. The predicted molar refractivity (Wildman–Crippen MR) is 93.3 cm³/mol. The van der Waals surface area contributed by atoms with E-state index in [-0.39, 0.29) is 5.91 Å². The molecule has 0 aliphatic heterocycles. The number of aromatic nitrogens is 3. The lowest BCUT2D eigenvalue weighted by atomic mass is 9.95. The summed E-state index contributed by atoms with van der Waals surface area (Å²) in [6.07, 6.45) is 3.61. The molecular formula is C19H20N4O2. The van der Waals surface area contributed by atoms with Crippen molar-refractivity contribution in [2.24, 2.45) is 0 Å². The zero-order valence-electron chi connectivity index (χ0n) is 14.3. The van der Waals surface area contributed by atoms with E-state index in [4.69, 9.17) is 4.52 Å². The molecule has 6 nitrogen and oxygen atoms in total. The fraction of sp³-hybridized carbons (Fsp3) is 0.316. The highest BCUT2D eigenvalue weighted by molar-refractivity contribution is 6.00. The highest BCUT2D eigenvalue weighted by atomic mass is 16.5. The van der Waals surface area contributed by atoms with Crippen molar-refractivity contribution in [3.63, 3.8) is 0 Å². The van der Waals surface area contributed by atoms with Gasteiger partial charge in [0.25, 0.3) is 0 Å². The maximum atomic E-state index is 12.7. The van der Waals surface area contributed by atoms with Crippen LogP contribution in [0, 0.1) is 13.8 Å². The third-order valence-electron chi connectivity index (χ3n) is 4.89. The van der Waals surface area contributed by atoms with Crippen molar-refractivity contribution in [2.45, 2.75) is 38.6 Å². The highest BCUT2D eigenvalue weighted by Gasteiger charge is 2.51. The molecule has 1 amide bonds. The van der Waals surface area contributed by atoms with Gasteiger partial charge in [0.1, 0.15) is 5.76 Å². The number of carbonyl (C=O) groups excluding carboxylic acids is 1. The minimum atomic E-state index is -0.396. The topological polar surface area (TPSA) is 73.0 Å². The third kappa shape index (κ3) is 2.84. The summed E-state index contributed by atoms with van der Waals surface area (Å²) in [4.78, 5) is 12.7. The minimum Gasteiger partial charge on any atom is -0.361 e. The summed E-state index contributed by atoms with van der Waals surface area (Å²) in [5.41, 5.74) is 2.55. The molecule has 0 bridgehead atoms. The molecule has 1 aliphatic rings. The Morgan fingerprint density at radius 2 is 2.00 bits per heavy atom. The van der Waals surface area contributed by atoms with Crippen molar-refractivity contribution in [1.82, 2.24) is 14.9 Å². The van der Waals surface area contributed by atoms with Gasteiger partial charge in [0.2, 0.25) is 5.91 Å². The molecule has 0 saturated heterocycles. The van der Waals surface area contributed by atoms with Crippen molar-refractivity contribution in [3.05, 3.63) is 65.2 Å². The summed E-state index contributed by atoms with van der Waals surface area (Å²) < 4.78 is 6.96. The van der Waals surface area contributed by atoms with Gasteiger partial charge in [-0.1, -0.05) is 35.5 Å². The van der Waals surface area contributed by atoms with Crippen LogP contribution in [0.5, 0.6) is 0 Å². The predicted octanol–water partition coefficient (Wildman–Crippen LogP) is 3.21. The number of anilines is 1. The SMILES string of the molecule is Cc1noc(C)c1Cn1ccc(NC(=O)C2(c3ccccc3)CC2)n1. The molecule has 2 heterocycles. The number of nitrogens with zero attached hydrogens (tertiary/aromatic N) is 3. The summed E-state index contributed by atoms with van der Waals surface area (Å²) >= 11 is 0. The van der Waals surface area contributed by atoms with E-state index >= 15 is 0 Å². The molecule has 2 aromatic heterocycles. The Morgan fingerprint density at radius 1 is 1.24 bits per heavy atom. The number of hydrogen-bond donors (Lipinski definition) is 1. The van der Waals surface area contributed by atoms with Crippen molar-refractivity contribution in [1.29, 1.82) is 0 Å². The number of hydrogen-bond acceptors (Lipinski definition) is 4. The molecule has 0 unspecified atom stereocenters. The van der Waals surface area contributed by atoms with Gasteiger partial charge in [0.05, 0.1) is 17.7 Å². The van der Waals surface area contributed by atoms with Gasteiger partial charge in [0, 0.05) is 17.8 Å². The molecule has 0 spiro atoms. The lowest BCUT2D eigenvalue weighted by Gasteiger charge is -2.14. The standard InChI is InChI=1S/C19H20N4O2/c1-13-16(14(2)25-22-13)12-23-11-8-17(21-23)20-18(24)19(9-10-19)15-6-4-3-5-7-15/h3-8,11H,9-10,12H2,1-2H3,(H,20,21,24). The minimum absolute atomic E-state index is 0.0151. The first-order valence-corrected chi connectivity index (χ1v) is 8.41. The lowest BCUT2D eigenvalue weighted by molar-refractivity contribution is -0.118. The number of amides is 1. The van der Waals surface area contributed by atoms with Crippen LogP contribution >= 0.6 is 0 Å². The second-order valence-electron chi connectivity index (χ2n) is 6.60. The lowest BCUT2D eigenvalue weighted by Crippen LogP contribution is -2.28. The van der Waals surface area contributed by atoms with E-state index in [2.05, 4.69) is 15.6 Å². The van der Waals surface area contributed by atoms with Gasteiger partial charge in [0.15, 0.2) is 5.82 Å². The van der Waals surface area contributed by atoms with Gasteiger partial charge in [-0.3, -0.25) is 9.48 Å². The summed E-state index contributed by atoms with van der Waals surface area (Å²) in [5, 5.41) is 11.4. The Hall–Kier alpha value is -2.89. The van der Waals surface area contributed by atoms with Gasteiger partial charge < -0.3 is 9.84 Å². The molecular weight excluding hydrogens is 316 g/mol. The van der Waals surface area contributed by atoms with Crippen LogP contribution in [0.2, 0.25) is 0 Å². The van der Waals surface area contributed by atoms with Crippen LogP contribution in [0.1, 0.15) is 35.4 Å². The van der Waals surface area contributed by atoms with E-state index in [9.17, 15) is 4.79 Å². The number of carbonyl (C=O) groups is 1. The molecule has 128 valence electrons. The van der Waals surface area contributed by atoms with Crippen LogP contribution in [-0.4, -0.2) is 20.8 Å². The molecule has 6 heteroatoms. The summed E-state index contributed by atoms with van der Waals surface area (Å²) in [5.74, 6) is 1.37. The quantitative estimate of drug-likeness (QED) is 0.776. The van der Waals surface area contributed by atoms with E-state index in [0.717, 1.165) is 35.4 Å². The summed E-state index contributed by atoms with van der Waals surface area (Å²) in [7, 11) is 0. The molecule has 0 atom stereocenters. The van der Waals surface area contributed by atoms with E-state index < -0.39 is 5.41 Å². The fourth-order valence-electron chi connectivity index (χ4n) is 3.17. The molecule has 4 rings (SSSR count). The van der Waals surface area contributed by atoms with Crippen molar-refractivity contribution >= 4 is 11.7 Å². The largest absolute Gasteiger partial charge is 0.361 e. The molecule has 1 fully saturated rings. The first-order chi connectivity index (χ1) is 12.1. The van der Waals surface area contributed by atoms with Crippen LogP contribution in [0.15, 0.2) is 47.1 Å². The summed E-state index contributed by atoms with van der Waals surface area (Å²) in [6.45, 7) is 4.37. The average molecular weight is 336 g/mol. The first-order valence-electron chi connectivity index (χ1n) is 8.41. The smallest absolute Gasteiger partial charge is 0.236 e. The van der Waals surface area contributed by atoms with Gasteiger partial charge in [-0.05, 0) is 32.3 Å². The van der Waals surface area contributed by atoms with E-state index in [1.165, 1.54) is 0 Å². The van der Waals surface area contributed by atoms with Crippen LogP contribution in [0.25, 0.3) is 0 Å². The Balaban J connectivity index is 1.47. The number of aryl methyl sites for hydroxylation is 2. The van der Waals surface area contributed by atoms with Gasteiger partial charge in [-0.15, -0.1) is 0 Å². The molecule has 1 aromatic carbocycles. The van der Waals surface area contributed by atoms with E-state index in [0.29, 0.717) is 12.4 Å². The second kappa shape index (κ2) is 5.88. The third-order valence-corrected chi connectivity index (χ3v) is 4.89. The first kappa shape index (κ1) is 15.6. The number of rotatable bonds is 5. The molecule has 1 aliphatic carbocycles. The average Bonchev–Trinajstić information content (AvgIpc) is 3.24. The van der Waals surface area contributed by atoms with Crippen molar-refractivity contribution < 1.29 is 9.32 Å². The number of nitrogens with one attached hydrogen (secondary N) is 1. The van der Waals surface area contributed by atoms with E-state index in [1.54, 1.807) is 4.68 Å². The normalized spacial score (nSPS) is 15.1. The van der Waals surface area contributed by atoms with Crippen LogP contribution in [0.4, 0.5) is 5.82 Å². The van der Waals surface area contributed by atoms with E-state index in [1.807, 2.05) is 56.4 Å². The number of benzene rings is 1. The van der Waals surface area contributed by atoms with Gasteiger partial charge in [-0.25, -0.2) is 0 Å². The molecule has 3 aromatic rings. The molecule has 1 N–H and O–H groups in total. The second-order valence-corrected chi connectivity index (χ2v) is 6.60. The zero-order valence-corrected chi connectivity index (χ0v) is 14.3. The van der Waals surface area contributed by atoms with Crippen molar-refractivity contribution in [2.75, 3.05) is 5.32 Å². The Bertz CT molecular complexity index is 887. The summed E-state index contributed by atoms with van der Waals surface area (Å²) in [6, 6.07) is 11.8. The molecule has 25 heavy (non-hydrogen) atoms. The van der Waals surface area contributed by atoms with Crippen molar-refractivity contribution in [3.8, 4) is 0 Å². The fourth-order valence-corrected chi connectivity index (χ4v) is 3.17. The highest BCUT2D eigenvalue weighted by Crippen LogP contribution is 2.48. The zero-order chi connectivity index (χ0) is 17.4. The van der Waals surface area contributed by atoms with Crippen LogP contribution in [-0.2, 0) is 16.8 Å². The maximum Gasteiger partial charge on any atom is 0.236 e.